The van der Waals surface area contributed by atoms with Crippen molar-refractivity contribution in [2.45, 2.75) is 51.9 Å². The minimum atomic E-state index is -0.712. The minimum absolute atomic E-state index is 0.0354. The van der Waals surface area contributed by atoms with Gasteiger partial charge in [0.1, 0.15) is 11.5 Å². The molecule has 0 aliphatic heterocycles. The van der Waals surface area contributed by atoms with E-state index < -0.39 is 5.97 Å². The number of allylic oxidation sites excluding steroid dienone is 6. The van der Waals surface area contributed by atoms with Crippen molar-refractivity contribution < 1.29 is 19.1 Å². The summed E-state index contributed by atoms with van der Waals surface area (Å²) in [6.45, 7) is 4.39. The van der Waals surface area contributed by atoms with E-state index >= 15 is 0 Å². The maximum atomic E-state index is 11.9. The summed E-state index contributed by atoms with van der Waals surface area (Å²) in [5, 5.41) is 9.80. The first-order chi connectivity index (χ1) is 18.0. The SMILES string of the molecule is CCC(C(=O)O)C1CCc2cc(OCCc3nc(C4=CC=CC=CC4)oc3C)c(-c3ccccc3)cc21. The predicted molar refractivity (Wildman–Crippen MR) is 146 cm³/mol. The van der Waals surface area contributed by atoms with Crippen LogP contribution in [0.1, 0.15) is 60.6 Å². The zero-order chi connectivity index (χ0) is 25.8. The van der Waals surface area contributed by atoms with E-state index in [-0.39, 0.29) is 11.8 Å². The van der Waals surface area contributed by atoms with Crippen molar-refractivity contribution in [3.8, 4) is 16.9 Å². The lowest BCUT2D eigenvalue weighted by Gasteiger charge is -2.21. The van der Waals surface area contributed by atoms with E-state index in [9.17, 15) is 9.90 Å². The van der Waals surface area contributed by atoms with Crippen molar-refractivity contribution >= 4 is 11.5 Å². The predicted octanol–water partition coefficient (Wildman–Crippen LogP) is 7.31. The van der Waals surface area contributed by atoms with E-state index in [2.05, 4.69) is 30.3 Å². The van der Waals surface area contributed by atoms with Crippen molar-refractivity contribution in [3.05, 3.63) is 101 Å². The molecule has 1 aromatic heterocycles. The van der Waals surface area contributed by atoms with Gasteiger partial charge in [0.15, 0.2) is 0 Å². The topological polar surface area (TPSA) is 72.6 Å². The smallest absolute Gasteiger partial charge is 0.307 e. The maximum absolute atomic E-state index is 11.9. The Morgan fingerprint density at radius 2 is 2.03 bits per heavy atom. The number of hydrogen-bond acceptors (Lipinski definition) is 4. The van der Waals surface area contributed by atoms with E-state index in [0.29, 0.717) is 25.3 Å². The quantitative estimate of drug-likeness (QED) is 0.337. The van der Waals surface area contributed by atoms with Gasteiger partial charge >= 0.3 is 5.97 Å². The van der Waals surface area contributed by atoms with E-state index in [1.165, 1.54) is 5.56 Å². The van der Waals surface area contributed by atoms with Crippen LogP contribution in [0.4, 0.5) is 0 Å². The average molecular weight is 496 g/mol. The van der Waals surface area contributed by atoms with Gasteiger partial charge in [-0.05, 0) is 67.3 Å². The number of benzene rings is 2. The molecule has 37 heavy (non-hydrogen) atoms. The number of ether oxygens (including phenoxy) is 1. The number of aliphatic carboxylic acids is 1. The molecule has 3 aromatic rings. The highest BCUT2D eigenvalue weighted by atomic mass is 16.5. The number of carbonyl (C=O) groups is 1. The lowest BCUT2D eigenvalue weighted by molar-refractivity contribution is -0.142. The summed E-state index contributed by atoms with van der Waals surface area (Å²) in [7, 11) is 0. The highest BCUT2D eigenvalue weighted by Gasteiger charge is 2.34. The second-order valence-electron chi connectivity index (χ2n) is 9.74. The van der Waals surface area contributed by atoms with Crippen LogP contribution in [0.3, 0.4) is 0 Å². The molecule has 2 aliphatic rings. The number of aryl methyl sites for hydroxylation is 2. The fourth-order valence-electron chi connectivity index (χ4n) is 5.47. The number of rotatable bonds is 9. The first-order valence-electron chi connectivity index (χ1n) is 13.1. The van der Waals surface area contributed by atoms with Crippen LogP contribution in [-0.4, -0.2) is 22.7 Å². The number of fused-ring (bicyclic) bond motifs is 1. The van der Waals surface area contributed by atoms with Gasteiger partial charge in [0, 0.05) is 17.6 Å². The summed E-state index contributed by atoms with van der Waals surface area (Å²) in [5.74, 6) is 1.27. The van der Waals surface area contributed by atoms with Crippen LogP contribution in [0.5, 0.6) is 5.75 Å². The molecule has 0 fully saturated rings. The van der Waals surface area contributed by atoms with Crippen molar-refractivity contribution in [2.24, 2.45) is 5.92 Å². The molecule has 1 heterocycles. The van der Waals surface area contributed by atoms with Gasteiger partial charge in [-0.2, -0.15) is 0 Å². The normalized spacial score (nSPS) is 17.2. The van der Waals surface area contributed by atoms with Crippen LogP contribution in [0, 0.1) is 12.8 Å². The fraction of sp³-hybridized carbons (Fsp3) is 0.312. The minimum Gasteiger partial charge on any atom is -0.493 e. The Balaban J connectivity index is 1.38. The Kier molecular flexibility index (Phi) is 7.40. The molecule has 0 saturated carbocycles. The molecule has 0 bridgehead atoms. The summed E-state index contributed by atoms with van der Waals surface area (Å²) in [5.41, 5.74) is 6.38. The van der Waals surface area contributed by atoms with Gasteiger partial charge in [0.25, 0.3) is 0 Å². The zero-order valence-corrected chi connectivity index (χ0v) is 21.4. The van der Waals surface area contributed by atoms with E-state index in [0.717, 1.165) is 58.7 Å². The first kappa shape index (κ1) is 24.8. The zero-order valence-electron chi connectivity index (χ0n) is 21.4. The third-order valence-corrected chi connectivity index (χ3v) is 7.45. The third kappa shape index (κ3) is 5.31. The van der Waals surface area contributed by atoms with Crippen molar-refractivity contribution in [3.63, 3.8) is 0 Å². The Bertz CT molecular complexity index is 1360. The second kappa shape index (κ2) is 11.0. The Labute approximate surface area is 218 Å². The summed E-state index contributed by atoms with van der Waals surface area (Å²) < 4.78 is 12.4. The van der Waals surface area contributed by atoms with Crippen LogP contribution in [-0.2, 0) is 17.6 Å². The molecule has 5 nitrogen and oxygen atoms in total. The molecule has 190 valence electrons. The van der Waals surface area contributed by atoms with Crippen molar-refractivity contribution in [1.29, 1.82) is 0 Å². The molecule has 0 saturated heterocycles. The standard InChI is InChI=1S/C32H33NO4/c1-3-25(32(34)35)26-16-15-24-19-30(28(20-27(24)26)22-11-9-6-10-12-22)36-18-17-29-21(2)37-31(33-29)23-13-7-4-5-8-14-23/h4-13,19-20,25-26H,3,14-18H2,1-2H3,(H,34,35). The van der Waals surface area contributed by atoms with Gasteiger partial charge in [-0.1, -0.05) is 67.6 Å². The van der Waals surface area contributed by atoms with Crippen LogP contribution >= 0.6 is 0 Å². The number of carboxylic acid groups (broad SMARTS) is 1. The third-order valence-electron chi connectivity index (χ3n) is 7.45. The number of carboxylic acids is 1. The largest absolute Gasteiger partial charge is 0.493 e. The highest BCUT2D eigenvalue weighted by molar-refractivity contribution is 5.75. The summed E-state index contributed by atoms with van der Waals surface area (Å²) in [6, 6.07) is 14.5. The molecule has 2 unspecified atom stereocenters. The second-order valence-corrected chi connectivity index (χ2v) is 9.74. The maximum Gasteiger partial charge on any atom is 0.307 e. The summed E-state index contributed by atoms with van der Waals surface area (Å²) in [4.78, 5) is 16.7. The van der Waals surface area contributed by atoms with Gasteiger partial charge in [0.2, 0.25) is 5.89 Å². The van der Waals surface area contributed by atoms with Gasteiger partial charge in [0.05, 0.1) is 18.2 Å². The van der Waals surface area contributed by atoms with Gasteiger partial charge < -0.3 is 14.3 Å². The molecule has 2 aromatic carbocycles. The highest BCUT2D eigenvalue weighted by Crippen LogP contribution is 2.45. The van der Waals surface area contributed by atoms with Gasteiger partial charge in [-0.25, -0.2) is 4.98 Å². The molecule has 2 aliphatic carbocycles. The van der Waals surface area contributed by atoms with Crippen LogP contribution < -0.4 is 4.74 Å². The van der Waals surface area contributed by atoms with E-state index in [1.54, 1.807) is 0 Å². The van der Waals surface area contributed by atoms with Gasteiger partial charge in [-0.3, -0.25) is 4.79 Å². The first-order valence-corrected chi connectivity index (χ1v) is 13.1. The van der Waals surface area contributed by atoms with Crippen molar-refractivity contribution in [2.75, 3.05) is 6.61 Å². The summed E-state index contributed by atoms with van der Waals surface area (Å²) in [6.07, 6.45) is 14.0. The lowest BCUT2D eigenvalue weighted by Crippen LogP contribution is -2.20. The molecule has 5 heteroatoms. The number of oxazole rings is 1. The van der Waals surface area contributed by atoms with E-state index in [1.807, 2.05) is 56.4 Å². The molecule has 0 amide bonds. The number of nitrogens with zero attached hydrogens (tertiary/aromatic N) is 1. The Hall–Kier alpha value is -3.86. The lowest BCUT2D eigenvalue weighted by atomic mass is 9.84. The Morgan fingerprint density at radius 1 is 1.19 bits per heavy atom. The van der Waals surface area contributed by atoms with Crippen LogP contribution in [0.15, 0.2) is 77.3 Å². The average Bonchev–Trinajstić information content (AvgIpc) is 3.35. The molecular formula is C32H33NO4. The Morgan fingerprint density at radius 3 is 2.81 bits per heavy atom. The van der Waals surface area contributed by atoms with E-state index in [4.69, 9.17) is 14.1 Å². The molecule has 0 radical (unpaired) electrons. The number of aromatic nitrogens is 1. The molecular weight excluding hydrogens is 462 g/mol. The molecule has 1 N–H and O–H groups in total. The number of hydrogen-bond donors (Lipinski definition) is 1. The molecule has 0 spiro atoms. The molecule has 2 atom stereocenters. The summed E-state index contributed by atoms with van der Waals surface area (Å²) >= 11 is 0. The van der Waals surface area contributed by atoms with Gasteiger partial charge in [-0.15, -0.1) is 0 Å². The fourth-order valence-corrected chi connectivity index (χ4v) is 5.47. The van der Waals surface area contributed by atoms with Crippen LogP contribution in [0.2, 0.25) is 0 Å². The monoisotopic (exact) mass is 495 g/mol. The molecule has 5 rings (SSSR count). The van der Waals surface area contributed by atoms with Crippen molar-refractivity contribution in [1.82, 2.24) is 4.98 Å². The van der Waals surface area contributed by atoms with Crippen LogP contribution in [0.25, 0.3) is 16.7 Å².